The van der Waals surface area contributed by atoms with Crippen molar-refractivity contribution >= 4 is 11.8 Å². The van der Waals surface area contributed by atoms with Crippen LogP contribution in [0.4, 0.5) is 8.78 Å². The van der Waals surface area contributed by atoms with E-state index in [1.807, 2.05) is 23.1 Å². The summed E-state index contributed by atoms with van der Waals surface area (Å²) in [6.07, 6.45) is 4.57. The molecular weight excluding hydrogens is 498 g/mol. The second-order valence-corrected chi connectivity index (χ2v) is 10.5. The standard InChI is InChI=1S/C31H36F2N4O2/c1-22(2)13-17-36-18-14-25(15-19-36)37(31(39)29-8-3-4-16-34-29)21-23-9-11-24(12-10-23)30(38)35-20-26-27(32)6-5-7-28(26)33/h3-12,16,22,25H,13-15,17-21H2,1-2H3,(H,35,38). The van der Waals surface area contributed by atoms with Crippen molar-refractivity contribution in [2.75, 3.05) is 19.6 Å². The summed E-state index contributed by atoms with van der Waals surface area (Å²) in [5.41, 5.74) is 1.49. The van der Waals surface area contributed by atoms with Gasteiger partial charge in [0, 0.05) is 49.5 Å². The van der Waals surface area contributed by atoms with E-state index in [0.717, 1.165) is 56.6 Å². The molecule has 206 valence electrons. The number of carbonyl (C=O) groups excluding carboxylic acids is 2. The Labute approximate surface area is 229 Å². The van der Waals surface area contributed by atoms with Crippen molar-refractivity contribution in [3.05, 3.63) is 101 Å². The van der Waals surface area contributed by atoms with Crippen LogP contribution in [0.5, 0.6) is 0 Å². The Kier molecular flexibility index (Phi) is 9.76. The van der Waals surface area contributed by atoms with Gasteiger partial charge in [-0.2, -0.15) is 0 Å². The number of carbonyl (C=O) groups is 2. The van der Waals surface area contributed by atoms with Gasteiger partial charge in [-0.05, 0) is 73.7 Å². The summed E-state index contributed by atoms with van der Waals surface area (Å²) < 4.78 is 27.8. The molecule has 1 fully saturated rings. The topological polar surface area (TPSA) is 65.5 Å². The lowest BCUT2D eigenvalue weighted by atomic mass is 10.00. The van der Waals surface area contributed by atoms with E-state index in [1.165, 1.54) is 6.07 Å². The predicted octanol–water partition coefficient (Wildman–Crippen LogP) is 5.44. The summed E-state index contributed by atoms with van der Waals surface area (Å²) in [6, 6.07) is 16.0. The van der Waals surface area contributed by atoms with Crippen LogP contribution in [0, 0.1) is 17.6 Å². The molecule has 1 N–H and O–H groups in total. The molecule has 39 heavy (non-hydrogen) atoms. The maximum atomic E-state index is 13.9. The highest BCUT2D eigenvalue weighted by molar-refractivity contribution is 5.94. The molecule has 6 nitrogen and oxygen atoms in total. The number of halogens is 2. The van der Waals surface area contributed by atoms with Gasteiger partial charge in [-0.1, -0.05) is 38.1 Å². The number of piperidine rings is 1. The molecule has 0 aliphatic carbocycles. The Morgan fingerprint density at radius 1 is 1.00 bits per heavy atom. The summed E-state index contributed by atoms with van der Waals surface area (Å²) in [5, 5.41) is 2.57. The minimum Gasteiger partial charge on any atom is -0.348 e. The Bertz CT molecular complexity index is 1220. The number of nitrogens with zero attached hydrogens (tertiary/aromatic N) is 3. The maximum absolute atomic E-state index is 13.9. The molecule has 0 unspecified atom stereocenters. The van der Waals surface area contributed by atoms with E-state index >= 15 is 0 Å². The molecule has 1 aliphatic heterocycles. The number of aromatic nitrogens is 1. The highest BCUT2D eigenvalue weighted by Gasteiger charge is 2.29. The molecule has 0 radical (unpaired) electrons. The first-order chi connectivity index (χ1) is 18.8. The van der Waals surface area contributed by atoms with Crippen LogP contribution in [-0.2, 0) is 13.1 Å². The van der Waals surface area contributed by atoms with Gasteiger partial charge in [0.05, 0.1) is 0 Å². The first-order valence-electron chi connectivity index (χ1n) is 13.6. The molecule has 3 aromatic rings. The van der Waals surface area contributed by atoms with E-state index < -0.39 is 17.5 Å². The molecule has 1 saturated heterocycles. The average molecular weight is 535 g/mol. The quantitative estimate of drug-likeness (QED) is 0.376. The molecule has 0 spiro atoms. The third-order valence-electron chi connectivity index (χ3n) is 7.22. The van der Waals surface area contributed by atoms with Crippen LogP contribution in [0.15, 0.2) is 66.9 Å². The van der Waals surface area contributed by atoms with Crippen LogP contribution in [0.2, 0.25) is 0 Å². The van der Waals surface area contributed by atoms with Crippen molar-refractivity contribution in [2.24, 2.45) is 5.92 Å². The number of amides is 2. The number of hydrogen-bond donors (Lipinski definition) is 1. The van der Waals surface area contributed by atoms with E-state index in [0.29, 0.717) is 23.7 Å². The van der Waals surface area contributed by atoms with Crippen LogP contribution in [0.1, 0.15) is 65.1 Å². The minimum absolute atomic E-state index is 0.0912. The summed E-state index contributed by atoms with van der Waals surface area (Å²) in [4.78, 5) is 34.8. The van der Waals surface area contributed by atoms with Gasteiger partial charge in [0.1, 0.15) is 17.3 Å². The molecule has 2 amide bonds. The largest absolute Gasteiger partial charge is 0.348 e. The van der Waals surface area contributed by atoms with Gasteiger partial charge >= 0.3 is 0 Å². The molecule has 2 aromatic carbocycles. The van der Waals surface area contributed by atoms with E-state index in [-0.39, 0.29) is 24.1 Å². The van der Waals surface area contributed by atoms with Gasteiger partial charge in [-0.25, -0.2) is 8.78 Å². The molecule has 1 aromatic heterocycles. The van der Waals surface area contributed by atoms with Crippen molar-refractivity contribution < 1.29 is 18.4 Å². The van der Waals surface area contributed by atoms with Crippen LogP contribution < -0.4 is 5.32 Å². The van der Waals surface area contributed by atoms with Gasteiger partial charge in [0.2, 0.25) is 0 Å². The molecule has 0 saturated carbocycles. The van der Waals surface area contributed by atoms with Crippen LogP contribution in [0.3, 0.4) is 0 Å². The predicted molar refractivity (Wildman–Crippen MR) is 147 cm³/mol. The van der Waals surface area contributed by atoms with Crippen molar-refractivity contribution in [1.29, 1.82) is 0 Å². The highest BCUT2D eigenvalue weighted by atomic mass is 19.1. The van der Waals surface area contributed by atoms with E-state index in [4.69, 9.17) is 0 Å². The smallest absolute Gasteiger partial charge is 0.272 e. The molecular formula is C31H36F2N4O2. The lowest BCUT2D eigenvalue weighted by Gasteiger charge is -2.38. The molecule has 0 bridgehead atoms. The van der Waals surface area contributed by atoms with E-state index in [1.54, 1.807) is 30.5 Å². The number of likely N-dealkylation sites (tertiary alicyclic amines) is 1. The number of benzene rings is 2. The third-order valence-corrected chi connectivity index (χ3v) is 7.22. The van der Waals surface area contributed by atoms with Crippen molar-refractivity contribution in [3.8, 4) is 0 Å². The Morgan fingerprint density at radius 3 is 2.31 bits per heavy atom. The van der Waals surface area contributed by atoms with Crippen molar-refractivity contribution in [1.82, 2.24) is 20.1 Å². The number of pyridine rings is 1. The number of nitrogens with one attached hydrogen (secondary N) is 1. The average Bonchev–Trinajstić information content (AvgIpc) is 2.95. The summed E-state index contributed by atoms with van der Waals surface area (Å²) in [5.74, 6) is -1.27. The zero-order chi connectivity index (χ0) is 27.8. The van der Waals surface area contributed by atoms with Crippen LogP contribution >= 0.6 is 0 Å². The van der Waals surface area contributed by atoms with Gasteiger partial charge in [-0.15, -0.1) is 0 Å². The summed E-state index contributed by atoms with van der Waals surface area (Å²) in [6.45, 7) is 7.59. The Morgan fingerprint density at radius 2 is 1.69 bits per heavy atom. The van der Waals surface area contributed by atoms with Crippen LogP contribution in [-0.4, -0.2) is 52.3 Å². The Hall–Kier alpha value is -3.65. The fraction of sp³-hybridized carbons (Fsp3) is 0.387. The fourth-order valence-corrected chi connectivity index (χ4v) is 4.83. The monoisotopic (exact) mass is 534 g/mol. The first kappa shape index (κ1) is 28.4. The Balaban J connectivity index is 1.42. The van der Waals surface area contributed by atoms with E-state index in [9.17, 15) is 18.4 Å². The molecule has 4 rings (SSSR count). The highest BCUT2D eigenvalue weighted by Crippen LogP contribution is 2.22. The second-order valence-electron chi connectivity index (χ2n) is 10.5. The van der Waals surface area contributed by atoms with Gasteiger partial charge in [0.15, 0.2) is 0 Å². The molecule has 0 atom stereocenters. The van der Waals surface area contributed by atoms with Gasteiger partial charge < -0.3 is 15.1 Å². The lowest BCUT2D eigenvalue weighted by Crippen LogP contribution is -2.47. The van der Waals surface area contributed by atoms with Gasteiger partial charge in [-0.3, -0.25) is 14.6 Å². The van der Waals surface area contributed by atoms with Gasteiger partial charge in [0.25, 0.3) is 11.8 Å². The lowest BCUT2D eigenvalue weighted by molar-refractivity contribution is 0.0540. The van der Waals surface area contributed by atoms with Crippen molar-refractivity contribution in [3.63, 3.8) is 0 Å². The molecule has 8 heteroatoms. The minimum atomic E-state index is -0.700. The zero-order valence-corrected chi connectivity index (χ0v) is 22.6. The van der Waals surface area contributed by atoms with E-state index in [2.05, 4.69) is 29.0 Å². The summed E-state index contributed by atoms with van der Waals surface area (Å²) in [7, 11) is 0. The fourth-order valence-electron chi connectivity index (χ4n) is 4.83. The number of hydrogen-bond acceptors (Lipinski definition) is 4. The maximum Gasteiger partial charge on any atom is 0.272 e. The summed E-state index contributed by atoms with van der Waals surface area (Å²) >= 11 is 0. The van der Waals surface area contributed by atoms with Crippen LogP contribution in [0.25, 0.3) is 0 Å². The second kappa shape index (κ2) is 13.4. The normalized spacial score (nSPS) is 14.4. The number of rotatable bonds is 10. The molecule has 2 heterocycles. The zero-order valence-electron chi connectivity index (χ0n) is 22.6. The third kappa shape index (κ3) is 7.69. The molecule has 1 aliphatic rings. The van der Waals surface area contributed by atoms with Crippen molar-refractivity contribution in [2.45, 2.75) is 52.2 Å². The first-order valence-corrected chi connectivity index (χ1v) is 13.6. The SMILES string of the molecule is CC(C)CCN1CCC(N(Cc2ccc(C(=O)NCc3c(F)cccc3F)cc2)C(=O)c2ccccn2)CC1.